The van der Waals surface area contributed by atoms with Crippen LogP contribution in [0.4, 0.5) is 5.69 Å². The summed E-state index contributed by atoms with van der Waals surface area (Å²) in [5.41, 5.74) is 1.36. The van der Waals surface area contributed by atoms with Gasteiger partial charge in [0.2, 0.25) is 0 Å². The summed E-state index contributed by atoms with van der Waals surface area (Å²) in [7, 11) is -1.96. The van der Waals surface area contributed by atoms with Crippen molar-refractivity contribution in [1.29, 1.82) is 0 Å². The third kappa shape index (κ3) is 2.96. The lowest BCUT2D eigenvalue weighted by Gasteiger charge is -2.07. The number of nitrogens with one attached hydrogen (secondary N) is 1. The predicted molar refractivity (Wildman–Crippen MR) is 81.6 cm³/mol. The van der Waals surface area contributed by atoms with Crippen LogP contribution in [0.5, 0.6) is 0 Å². The molecule has 108 valence electrons. The van der Waals surface area contributed by atoms with E-state index in [0.717, 1.165) is 10.6 Å². The summed E-state index contributed by atoms with van der Waals surface area (Å²) in [5.74, 6) is 0. The Kier molecular flexibility index (Phi) is 3.48. The number of nitrogens with zero attached hydrogens (tertiary/aromatic N) is 3. The number of aromatic nitrogens is 3. The second-order valence-electron chi connectivity index (χ2n) is 4.37. The number of rotatable bonds is 4. The van der Waals surface area contributed by atoms with Gasteiger partial charge < -0.3 is 0 Å². The highest BCUT2D eigenvalue weighted by atomic mass is 32.2. The van der Waals surface area contributed by atoms with Crippen LogP contribution >= 0.6 is 11.3 Å². The fourth-order valence-corrected chi connectivity index (χ4v) is 3.50. The Hall–Kier alpha value is -2.19. The molecular weight excluding hydrogens is 308 g/mol. The predicted octanol–water partition coefficient (Wildman–Crippen LogP) is 2.34. The quantitative estimate of drug-likeness (QED) is 0.800. The van der Waals surface area contributed by atoms with Crippen LogP contribution in [0.25, 0.3) is 10.6 Å². The zero-order valence-corrected chi connectivity index (χ0v) is 12.7. The standard InChI is InChI=1S/C13H12N4O2S2/c1-17-9-12(8-15-17)21(18,19)16-11-4-2-3-10(7-11)13-14-5-6-20-13/h2-9,16H,1H3. The lowest BCUT2D eigenvalue weighted by Crippen LogP contribution is -2.12. The van der Waals surface area contributed by atoms with Crippen molar-refractivity contribution in [2.75, 3.05) is 4.72 Å². The maximum absolute atomic E-state index is 12.2. The minimum Gasteiger partial charge on any atom is -0.280 e. The summed E-state index contributed by atoms with van der Waals surface area (Å²) in [4.78, 5) is 4.34. The fraction of sp³-hybridized carbons (Fsp3) is 0.0769. The SMILES string of the molecule is Cn1cc(S(=O)(=O)Nc2cccc(-c3nccs3)c2)cn1. The highest BCUT2D eigenvalue weighted by Crippen LogP contribution is 2.25. The molecule has 0 amide bonds. The van der Waals surface area contributed by atoms with Crippen molar-refractivity contribution in [3.05, 3.63) is 48.2 Å². The lowest BCUT2D eigenvalue weighted by atomic mass is 10.2. The normalized spacial score (nSPS) is 11.5. The van der Waals surface area contributed by atoms with Crippen LogP contribution in [-0.2, 0) is 17.1 Å². The molecule has 0 bridgehead atoms. The van der Waals surface area contributed by atoms with Gasteiger partial charge in [0, 0.05) is 36.1 Å². The number of thiazole rings is 1. The van der Waals surface area contributed by atoms with Gasteiger partial charge in [-0.2, -0.15) is 5.10 Å². The first-order chi connectivity index (χ1) is 10.0. The third-order valence-corrected chi connectivity index (χ3v) is 4.94. The molecule has 1 aromatic carbocycles. The molecule has 0 spiro atoms. The van der Waals surface area contributed by atoms with Crippen molar-refractivity contribution >= 4 is 27.0 Å². The van der Waals surface area contributed by atoms with Gasteiger partial charge in [0.15, 0.2) is 0 Å². The Morgan fingerprint density at radius 2 is 2.19 bits per heavy atom. The molecule has 2 aromatic heterocycles. The summed E-state index contributed by atoms with van der Waals surface area (Å²) in [6, 6.07) is 7.14. The summed E-state index contributed by atoms with van der Waals surface area (Å²) in [6.45, 7) is 0. The molecule has 2 heterocycles. The third-order valence-electron chi connectivity index (χ3n) is 2.79. The first-order valence-electron chi connectivity index (χ1n) is 6.06. The van der Waals surface area contributed by atoms with Gasteiger partial charge in [-0.25, -0.2) is 13.4 Å². The second kappa shape index (κ2) is 5.30. The van der Waals surface area contributed by atoms with Crippen molar-refractivity contribution in [3.8, 4) is 10.6 Å². The maximum Gasteiger partial charge on any atom is 0.265 e. The first kappa shape index (κ1) is 13.8. The number of anilines is 1. The van der Waals surface area contributed by atoms with Gasteiger partial charge in [-0.05, 0) is 12.1 Å². The summed E-state index contributed by atoms with van der Waals surface area (Å²) >= 11 is 1.50. The van der Waals surface area contributed by atoms with E-state index < -0.39 is 10.0 Å². The molecule has 21 heavy (non-hydrogen) atoms. The van der Waals surface area contributed by atoms with Crippen molar-refractivity contribution in [3.63, 3.8) is 0 Å². The van der Waals surface area contributed by atoms with Crippen molar-refractivity contribution in [2.45, 2.75) is 4.90 Å². The molecule has 3 rings (SSSR count). The molecule has 6 nitrogen and oxygen atoms in total. The molecule has 0 aliphatic rings. The van der Waals surface area contributed by atoms with Crippen LogP contribution < -0.4 is 4.72 Å². The first-order valence-corrected chi connectivity index (χ1v) is 8.42. The number of hydrogen-bond donors (Lipinski definition) is 1. The van der Waals surface area contributed by atoms with Crippen LogP contribution in [0, 0.1) is 0 Å². The van der Waals surface area contributed by atoms with E-state index >= 15 is 0 Å². The van der Waals surface area contributed by atoms with Gasteiger partial charge in [-0.1, -0.05) is 12.1 Å². The molecule has 1 N–H and O–H groups in total. The number of benzene rings is 1. The Balaban J connectivity index is 1.90. The smallest absolute Gasteiger partial charge is 0.265 e. The minimum atomic E-state index is -3.63. The zero-order chi connectivity index (χ0) is 14.9. The van der Waals surface area contributed by atoms with Crippen molar-refractivity contribution in [1.82, 2.24) is 14.8 Å². The second-order valence-corrected chi connectivity index (χ2v) is 6.95. The van der Waals surface area contributed by atoms with Crippen LogP contribution in [0.1, 0.15) is 0 Å². The average molecular weight is 320 g/mol. The van der Waals surface area contributed by atoms with Crippen LogP contribution in [-0.4, -0.2) is 23.2 Å². The number of aryl methyl sites for hydroxylation is 1. The van der Waals surface area contributed by atoms with Gasteiger partial charge in [-0.3, -0.25) is 9.40 Å². The van der Waals surface area contributed by atoms with E-state index in [1.54, 1.807) is 31.4 Å². The van der Waals surface area contributed by atoms with E-state index in [1.165, 1.54) is 28.4 Å². The highest BCUT2D eigenvalue weighted by molar-refractivity contribution is 7.92. The highest BCUT2D eigenvalue weighted by Gasteiger charge is 2.16. The molecule has 0 saturated carbocycles. The Morgan fingerprint density at radius 3 is 2.86 bits per heavy atom. The Morgan fingerprint density at radius 1 is 1.33 bits per heavy atom. The van der Waals surface area contributed by atoms with E-state index in [-0.39, 0.29) is 4.90 Å². The van der Waals surface area contributed by atoms with Gasteiger partial charge in [0.05, 0.1) is 6.20 Å². The molecule has 0 atom stereocenters. The number of hydrogen-bond acceptors (Lipinski definition) is 5. The van der Waals surface area contributed by atoms with E-state index in [1.807, 2.05) is 11.4 Å². The van der Waals surface area contributed by atoms with Crippen LogP contribution in [0.2, 0.25) is 0 Å². The van der Waals surface area contributed by atoms with Gasteiger partial charge >= 0.3 is 0 Å². The largest absolute Gasteiger partial charge is 0.280 e. The van der Waals surface area contributed by atoms with Crippen LogP contribution in [0.15, 0.2) is 53.1 Å². The van der Waals surface area contributed by atoms with E-state index in [0.29, 0.717) is 5.69 Å². The summed E-state index contributed by atoms with van der Waals surface area (Å²) in [6.07, 6.45) is 4.48. The molecule has 0 fully saturated rings. The molecule has 8 heteroatoms. The summed E-state index contributed by atoms with van der Waals surface area (Å²) in [5, 5.41) is 6.59. The molecule has 0 aliphatic carbocycles. The molecule has 0 unspecified atom stereocenters. The van der Waals surface area contributed by atoms with Gasteiger partial charge in [0.25, 0.3) is 10.0 Å². The molecule has 0 radical (unpaired) electrons. The van der Waals surface area contributed by atoms with E-state index in [2.05, 4.69) is 14.8 Å². The Bertz CT molecular complexity index is 854. The van der Waals surface area contributed by atoms with Gasteiger partial charge in [-0.15, -0.1) is 11.3 Å². The van der Waals surface area contributed by atoms with Crippen LogP contribution in [0.3, 0.4) is 0 Å². The van der Waals surface area contributed by atoms with E-state index in [9.17, 15) is 8.42 Å². The lowest BCUT2D eigenvalue weighted by molar-refractivity contribution is 0.601. The zero-order valence-electron chi connectivity index (χ0n) is 11.1. The van der Waals surface area contributed by atoms with Crippen molar-refractivity contribution in [2.24, 2.45) is 7.05 Å². The average Bonchev–Trinajstić information content (AvgIpc) is 3.09. The topological polar surface area (TPSA) is 76.9 Å². The molecule has 0 aliphatic heterocycles. The fourth-order valence-electron chi connectivity index (χ4n) is 1.83. The Labute approximate surface area is 126 Å². The number of sulfonamides is 1. The molecular formula is C13H12N4O2S2. The molecule has 3 aromatic rings. The minimum absolute atomic E-state index is 0.129. The summed E-state index contributed by atoms with van der Waals surface area (Å²) < 4.78 is 28.5. The van der Waals surface area contributed by atoms with Gasteiger partial charge in [0.1, 0.15) is 9.90 Å². The van der Waals surface area contributed by atoms with E-state index in [4.69, 9.17) is 0 Å². The maximum atomic E-state index is 12.2. The molecule has 0 saturated heterocycles. The monoisotopic (exact) mass is 320 g/mol. The van der Waals surface area contributed by atoms with Crippen molar-refractivity contribution < 1.29 is 8.42 Å².